The van der Waals surface area contributed by atoms with Crippen molar-refractivity contribution < 1.29 is 17.9 Å². The van der Waals surface area contributed by atoms with E-state index in [4.69, 9.17) is 39.5 Å². The lowest BCUT2D eigenvalue weighted by atomic mass is 10.0. The van der Waals surface area contributed by atoms with Gasteiger partial charge in [0.15, 0.2) is 0 Å². The number of carbonyl (C=O) groups excluding carboxylic acids is 1. The van der Waals surface area contributed by atoms with Gasteiger partial charge < -0.3 is 14.5 Å². The van der Waals surface area contributed by atoms with Gasteiger partial charge in [-0.2, -0.15) is 4.31 Å². The van der Waals surface area contributed by atoms with Gasteiger partial charge in [-0.25, -0.2) is 8.42 Å². The maximum absolute atomic E-state index is 13.4. The average Bonchev–Trinajstić information content (AvgIpc) is 2.87. The second-order valence-corrected chi connectivity index (χ2v) is 13.0. The van der Waals surface area contributed by atoms with Crippen LogP contribution >= 0.6 is 34.8 Å². The molecule has 0 saturated carbocycles. The van der Waals surface area contributed by atoms with Crippen LogP contribution in [0.3, 0.4) is 0 Å². The molecule has 202 valence electrons. The van der Waals surface area contributed by atoms with Crippen LogP contribution in [0.5, 0.6) is 0 Å². The number of sulfonamides is 1. The van der Waals surface area contributed by atoms with Crippen LogP contribution in [0, 0.1) is 0 Å². The first-order valence-electron chi connectivity index (χ1n) is 12.6. The zero-order chi connectivity index (χ0) is 25.9. The molecule has 3 aliphatic rings. The van der Waals surface area contributed by atoms with Crippen molar-refractivity contribution >= 4 is 50.7 Å². The standard InChI is InChI=1S/C24H35Cl3N4O4S/c1-28-8-5-18(6-9-28)29-10-12-30(13-11-29)24(32)17-35-16-19-4-2-3-7-31(19)36(33,34)23-15-21(26)20(25)14-22(23)27/h14-15,18-19H,2-13,16-17H2,1H3. The van der Waals surface area contributed by atoms with Gasteiger partial charge in [-0.3, -0.25) is 9.69 Å². The lowest BCUT2D eigenvalue weighted by Gasteiger charge is -2.42. The van der Waals surface area contributed by atoms with E-state index < -0.39 is 10.0 Å². The number of rotatable bonds is 7. The van der Waals surface area contributed by atoms with Gasteiger partial charge in [0.2, 0.25) is 15.9 Å². The first-order chi connectivity index (χ1) is 17.2. The summed E-state index contributed by atoms with van der Waals surface area (Å²) in [7, 11) is -1.73. The fourth-order valence-electron chi connectivity index (χ4n) is 5.36. The van der Waals surface area contributed by atoms with E-state index in [-0.39, 0.29) is 45.1 Å². The van der Waals surface area contributed by atoms with Gasteiger partial charge >= 0.3 is 0 Å². The number of piperidine rings is 2. The monoisotopic (exact) mass is 580 g/mol. The predicted molar refractivity (Wildman–Crippen MR) is 142 cm³/mol. The van der Waals surface area contributed by atoms with Crippen molar-refractivity contribution in [2.24, 2.45) is 0 Å². The molecule has 1 aromatic rings. The molecule has 3 saturated heterocycles. The van der Waals surface area contributed by atoms with Crippen molar-refractivity contribution in [2.75, 3.05) is 66.1 Å². The van der Waals surface area contributed by atoms with Crippen LogP contribution in [0.15, 0.2) is 17.0 Å². The van der Waals surface area contributed by atoms with Crippen LogP contribution in [0.4, 0.5) is 0 Å². The van der Waals surface area contributed by atoms with E-state index >= 15 is 0 Å². The molecule has 0 aromatic heterocycles. The maximum atomic E-state index is 13.4. The number of hydrogen-bond acceptors (Lipinski definition) is 6. The van der Waals surface area contributed by atoms with Crippen LogP contribution in [-0.2, 0) is 19.6 Å². The number of amides is 1. The van der Waals surface area contributed by atoms with Crippen molar-refractivity contribution in [2.45, 2.75) is 49.1 Å². The number of ether oxygens (including phenoxy) is 1. The number of piperazine rings is 1. The number of nitrogens with zero attached hydrogens (tertiary/aromatic N) is 4. The van der Waals surface area contributed by atoms with Gasteiger partial charge in [-0.15, -0.1) is 0 Å². The Morgan fingerprint density at radius 1 is 0.917 bits per heavy atom. The second-order valence-electron chi connectivity index (χ2n) is 9.93. The summed E-state index contributed by atoms with van der Waals surface area (Å²) in [6.07, 6.45) is 4.66. The van der Waals surface area contributed by atoms with Crippen LogP contribution < -0.4 is 0 Å². The van der Waals surface area contributed by atoms with Crippen molar-refractivity contribution in [3.63, 3.8) is 0 Å². The third-order valence-corrected chi connectivity index (χ3v) is 10.7. The molecule has 3 fully saturated rings. The summed E-state index contributed by atoms with van der Waals surface area (Å²) < 4.78 is 34.0. The Balaban J connectivity index is 1.28. The molecule has 1 amide bonds. The van der Waals surface area contributed by atoms with Gasteiger partial charge in [0.25, 0.3) is 0 Å². The Bertz CT molecular complexity index is 1030. The summed E-state index contributed by atoms with van der Waals surface area (Å²) in [6, 6.07) is 2.88. The molecule has 3 heterocycles. The smallest absolute Gasteiger partial charge is 0.248 e. The normalized spacial score (nSPS) is 23.8. The minimum atomic E-state index is -3.90. The van der Waals surface area contributed by atoms with E-state index in [1.165, 1.54) is 29.3 Å². The minimum Gasteiger partial charge on any atom is -0.370 e. The number of benzene rings is 1. The highest BCUT2D eigenvalue weighted by Crippen LogP contribution is 2.35. The SMILES string of the molecule is CN1CCC(N2CCN(C(=O)COCC3CCCCN3S(=O)(=O)c3cc(Cl)c(Cl)cc3Cl)CC2)CC1. The number of halogens is 3. The Morgan fingerprint density at radius 3 is 2.28 bits per heavy atom. The predicted octanol–water partition coefficient (Wildman–Crippen LogP) is 3.45. The Labute approximate surface area is 229 Å². The molecule has 1 unspecified atom stereocenters. The Kier molecular flexibility index (Phi) is 9.82. The fourth-order valence-corrected chi connectivity index (χ4v) is 8.01. The first kappa shape index (κ1) is 28.4. The zero-order valence-electron chi connectivity index (χ0n) is 20.7. The summed E-state index contributed by atoms with van der Waals surface area (Å²) in [5, 5.41) is 0.361. The molecule has 4 rings (SSSR count). The molecular formula is C24H35Cl3N4O4S. The van der Waals surface area contributed by atoms with Gasteiger partial charge in [0.1, 0.15) is 11.5 Å². The fraction of sp³-hybridized carbons (Fsp3) is 0.708. The van der Waals surface area contributed by atoms with E-state index in [1.54, 1.807) is 0 Å². The van der Waals surface area contributed by atoms with E-state index in [0.717, 1.165) is 39.0 Å². The van der Waals surface area contributed by atoms with E-state index in [2.05, 4.69) is 16.8 Å². The quantitative estimate of drug-likeness (QED) is 0.460. The Hall–Kier alpha value is -0.650. The van der Waals surface area contributed by atoms with Crippen LogP contribution in [-0.4, -0.2) is 111 Å². The summed E-state index contributed by atoms with van der Waals surface area (Å²) in [5.41, 5.74) is 0. The van der Waals surface area contributed by atoms with Crippen molar-refractivity contribution in [1.82, 2.24) is 19.0 Å². The molecule has 12 heteroatoms. The Morgan fingerprint density at radius 2 is 1.58 bits per heavy atom. The lowest BCUT2D eigenvalue weighted by Crippen LogP contribution is -2.54. The van der Waals surface area contributed by atoms with E-state index in [9.17, 15) is 13.2 Å². The summed E-state index contributed by atoms with van der Waals surface area (Å²) >= 11 is 18.3. The highest BCUT2D eigenvalue weighted by atomic mass is 35.5. The van der Waals surface area contributed by atoms with Gasteiger partial charge in [0.05, 0.1) is 21.7 Å². The summed E-state index contributed by atoms with van der Waals surface area (Å²) in [4.78, 5) is 19.4. The van der Waals surface area contributed by atoms with E-state index in [0.29, 0.717) is 32.1 Å². The molecule has 0 bridgehead atoms. The maximum Gasteiger partial charge on any atom is 0.248 e. The number of carbonyl (C=O) groups is 1. The van der Waals surface area contributed by atoms with Crippen LogP contribution in [0.2, 0.25) is 15.1 Å². The van der Waals surface area contributed by atoms with Gasteiger partial charge in [-0.1, -0.05) is 41.2 Å². The molecule has 0 aliphatic carbocycles. The molecular weight excluding hydrogens is 547 g/mol. The highest BCUT2D eigenvalue weighted by Gasteiger charge is 2.36. The van der Waals surface area contributed by atoms with Crippen LogP contribution in [0.25, 0.3) is 0 Å². The largest absolute Gasteiger partial charge is 0.370 e. The molecule has 36 heavy (non-hydrogen) atoms. The van der Waals surface area contributed by atoms with Gasteiger partial charge in [0, 0.05) is 44.8 Å². The first-order valence-corrected chi connectivity index (χ1v) is 15.2. The summed E-state index contributed by atoms with van der Waals surface area (Å²) in [5.74, 6) is -0.0456. The molecule has 3 aliphatic heterocycles. The molecule has 8 nitrogen and oxygen atoms in total. The summed E-state index contributed by atoms with van der Waals surface area (Å²) in [6.45, 7) is 5.90. The highest BCUT2D eigenvalue weighted by molar-refractivity contribution is 7.89. The minimum absolute atomic E-state index is 0.0317. The van der Waals surface area contributed by atoms with Crippen molar-refractivity contribution in [3.8, 4) is 0 Å². The molecule has 0 radical (unpaired) electrons. The molecule has 0 spiro atoms. The zero-order valence-corrected chi connectivity index (χ0v) is 23.8. The molecule has 0 N–H and O–H groups in total. The lowest BCUT2D eigenvalue weighted by molar-refractivity contribution is -0.138. The topological polar surface area (TPSA) is 73.4 Å². The third-order valence-electron chi connectivity index (χ3n) is 7.54. The van der Waals surface area contributed by atoms with Crippen LogP contribution in [0.1, 0.15) is 32.1 Å². The molecule has 1 atom stereocenters. The van der Waals surface area contributed by atoms with Crippen molar-refractivity contribution in [3.05, 3.63) is 27.2 Å². The number of hydrogen-bond donors (Lipinski definition) is 0. The molecule has 1 aromatic carbocycles. The van der Waals surface area contributed by atoms with Gasteiger partial charge in [-0.05, 0) is 58.0 Å². The second kappa shape index (κ2) is 12.5. The number of likely N-dealkylation sites (tertiary alicyclic amines) is 1. The third kappa shape index (κ3) is 6.67. The van der Waals surface area contributed by atoms with E-state index in [1.807, 2.05) is 4.90 Å². The van der Waals surface area contributed by atoms with Crippen molar-refractivity contribution in [1.29, 1.82) is 0 Å². The average molecular weight is 582 g/mol.